The maximum atomic E-state index is 11.8. The van der Waals surface area contributed by atoms with Crippen LogP contribution in [0.3, 0.4) is 0 Å². The lowest BCUT2D eigenvalue weighted by atomic mass is 10.2. The molecule has 110 valence electrons. The first kappa shape index (κ1) is 15.8. The molecule has 0 aliphatic carbocycles. The van der Waals surface area contributed by atoms with Crippen molar-refractivity contribution < 1.29 is 29.3 Å². The minimum atomic E-state index is -1.49. The summed E-state index contributed by atoms with van der Waals surface area (Å²) >= 11 is 0. The summed E-state index contributed by atoms with van der Waals surface area (Å²) in [6.07, 6.45) is -1.55. The molecule has 0 spiro atoms. The molecule has 1 unspecified atom stereocenters. The van der Waals surface area contributed by atoms with E-state index in [2.05, 4.69) is 5.32 Å². The van der Waals surface area contributed by atoms with E-state index < -0.39 is 12.1 Å². The highest BCUT2D eigenvalue weighted by Crippen LogP contribution is 2.27. The molecule has 3 N–H and O–H groups in total. The van der Waals surface area contributed by atoms with Crippen LogP contribution in [-0.2, 0) is 4.79 Å². The Morgan fingerprint density at radius 3 is 2.45 bits per heavy atom. The van der Waals surface area contributed by atoms with E-state index in [1.54, 1.807) is 12.1 Å². The van der Waals surface area contributed by atoms with Crippen molar-refractivity contribution in [3.8, 4) is 11.5 Å². The Morgan fingerprint density at radius 2 is 1.90 bits per heavy atom. The second-order valence-electron chi connectivity index (χ2n) is 3.97. The minimum Gasteiger partial charge on any atom is -0.493 e. The lowest BCUT2D eigenvalue weighted by molar-refractivity contribution is -0.146. The fourth-order valence-electron chi connectivity index (χ4n) is 1.53. The van der Waals surface area contributed by atoms with Gasteiger partial charge in [-0.1, -0.05) is 0 Å². The molecular weight excluding hydrogens is 266 g/mol. The van der Waals surface area contributed by atoms with Gasteiger partial charge in [-0.15, -0.1) is 0 Å². The number of aliphatic carboxylic acids is 1. The summed E-state index contributed by atoms with van der Waals surface area (Å²) in [6.45, 7) is 0.0562. The SMILES string of the molecule is COc1ccc(C(=O)NCCC(O)C(=O)O)cc1OC. The summed E-state index contributed by atoms with van der Waals surface area (Å²) < 4.78 is 10.1. The van der Waals surface area contributed by atoms with Crippen molar-refractivity contribution in [2.24, 2.45) is 0 Å². The molecule has 0 aliphatic rings. The minimum absolute atomic E-state index is 0.0562. The molecule has 20 heavy (non-hydrogen) atoms. The molecule has 7 nitrogen and oxygen atoms in total. The molecule has 0 radical (unpaired) electrons. The normalized spacial score (nSPS) is 11.6. The molecule has 0 saturated carbocycles. The standard InChI is InChI=1S/C13H17NO6/c1-19-10-4-3-8(7-11(10)20-2)12(16)14-6-5-9(15)13(17)18/h3-4,7,9,15H,5-6H2,1-2H3,(H,14,16)(H,17,18). The Bertz CT molecular complexity index is 488. The fourth-order valence-corrected chi connectivity index (χ4v) is 1.53. The molecule has 0 fully saturated rings. The van der Waals surface area contributed by atoms with Crippen LogP contribution in [0.2, 0.25) is 0 Å². The Kier molecular flexibility index (Phi) is 5.79. The summed E-state index contributed by atoms with van der Waals surface area (Å²) in [7, 11) is 2.95. The third-order valence-corrected chi connectivity index (χ3v) is 2.63. The molecule has 0 saturated heterocycles. The molecule has 1 atom stereocenters. The van der Waals surface area contributed by atoms with Crippen LogP contribution >= 0.6 is 0 Å². The first-order valence-electron chi connectivity index (χ1n) is 5.90. The number of carboxylic acids is 1. The van der Waals surface area contributed by atoms with E-state index >= 15 is 0 Å². The summed E-state index contributed by atoms with van der Waals surface area (Å²) in [5.41, 5.74) is 0.354. The van der Waals surface area contributed by atoms with Crippen LogP contribution in [-0.4, -0.2) is 49.0 Å². The maximum Gasteiger partial charge on any atom is 0.332 e. The lowest BCUT2D eigenvalue weighted by Gasteiger charge is -2.10. The topological polar surface area (TPSA) is 105 Å². The molecule has 0 aromatic heterocycles. The first-order valence-corrected chi connectivity index (χ1v) is 5.90. The summed E-state index contributed by atoms with van der Waals surface area (Å²) in [6, 6.07) is 4.67. The zero-order valence-electron chi connectivity index (χ0n) is 11.3. The summed E-state index contributed by atoms with van der Waals surface area (Å²) in [5.74, 6) is -0.773. The molecule has 1 amide bonds. The van der Waals surface area contributed by atoms with Gasteiger partial charge in [0.25, 0.3) is 5.91 Å². The van der Waals surface area contributed by atoms with Crippen molar-refractivity contribution in [2.75, 3.05) is 20.8 Å². The molecule has 0 bridgehead atoms. The number of amides is 1. The van der Waals surface area contributed by atoms with Crippen LogP contribution in [0.15, 0.2) is 18.2 Å². The van der Waals surface area contributed by atoms with Gasteiger partial charge in [0.1, 0.15) is 0 Å². The number of methoxy groups -OCH3 is 2. The van der Waals surface area contributed by atoms with E-state index in [9.17, 15) is 9.59 Å². The van der Waals surface area contributed by atoms with Gasteiger partial charge in [-0.05, 0) is 18.2 Å². The van der Waals surface area contributed by atoms with E-state index in [1.165, 1.54) is 20.3 Å². The number of nitrogens with one attached hydrogen (secondary N) is 1. The van der Waals surface area contributed by atoms with Crippen molar-refractivity contribution >= 4 is 11.9 Å². The first-order chi connectivity index (χ1) is 9.49. The Hall–Kier alpha value is -2.28. The predicted octanol–water partition coefficient (Wildman–Crippen LogP) is 0.269. The Labute approximate surface area is 116 Å². The van der Waals surface area contributed by atoms with Gasteiger partial charge in [0.05, 0.1) is 14.2 Å². The average Bonchev–Trinajstić information content (AvgIpc) is 2.45. The molecule has 1 aromatic carbocycles. The zero-order valence-corrected chi connectivity index (χ0v) is 11.3. The monoisotopic (exact) mass is 283 g/mol. The van der Waals surface area contributed by atoms with E-state index in [1.807, 2.05) is 0 Å². The second kappa shape index (κ2) is 7.34. The van der Waals surface area contributed by atoms with E-state index in [0.717, 1.165) is 0 Å². The van der Waals surface area contributed by atoms with Crippen LogP contribution < -0.4 is 14.8 Å². The number of aliphatic hydroxyl groups excluding tert-OH is 1. The Balaban J connectivity index is 2.62. The maximum absolute atomic E-state index is 11.8. The quantitative estimate of drug-likeness (QED) is 0.663. The number of carbonyl (C=O) groups excluding carboxylic acids is 1. The van der Waals surface area contributed by atoms with Crippen LogP contribution in [0.25, 0.3) is 0 Å². The third-order valence-electron chi connectivity index (χ3n) is 2.63. The average molecular weight is 283 g/mol. The number of hydrogen-bond acceptors (Lipinski definition) is 5. The van der Waals surface area contributed by atoms with Gasteiger partial charge < -0.3 is 25.0 Å². The van der Waals surface area contributed by atoms with Crippen LogP contribution in [0.1, 0.15) is 16.8 Å². The van der Waals surface area contributed by atoms with Gasteiger partial charge in [-0.3, -0.25) is 4.79 Å². The third kappa shape index (κ3) is 4.13. The fraction of sp³-hybridized carbons (Fsp3) is 0.385. The predicted molar refractivity (Wildman–Crippen MR) is 70.1 cm³/mol. The van der Waals surface area contributed by atoms with Crippen molar-refractivity contribution in [3.05, 3.63) is 23.8 Å². The zero-order chi connectivity index (χ0) is 15.1. The highest BCUT2D eigenvalue weighted by Gasteiger charge is 2.14. The number of carboxylic acid groups (broad SMARTS) is 1. The summed E-state index contributed by atoms with van der Waals surface area (Å²) in [4.78, 5) is 22.2. The smallest absolute Gasteiger partial charge is 0.332 e. The number of benzene rings is 1. The second-order valence-corrected chi connectivity index (χ2v) is 3.97. The van der Waals surface area contributed by atoms with Gasteiger partial charge in [0, 0.05) is 18.5 Å². The lowest BCUT2D eigenvalue weighted by Crippen LogP contribution is -2.30. The van der Waals surface area contributed by atoms with Gasteiger partial charge in [-0.2, -0.15) is 0 Å². The number of rotatable bonds is 7. The van der Waals surface area contributed by atoms with Crippen molar-refractivity contribution in [1.29, 1.82) is 0 Å². The molecule has 1 rings (SSSR count). The Morgan fingerprint density at radius 1 is 1.25 bits per heavy atom. The van der Waals surface area contributed by atoms with E-state index in [0.29, 0.717) is 17.1 Å². The molecule has 0 aliphatic heterocycles. The highest BCUT2D eigenvalue weighted by molar-refractivity contribution is 5.94. The van der Waals surface area contributed by atoms with Crippen LogP contribution in [0, 0.1) is 0 Å². The van der Waals surface area contributed by atoms with E-state index in [-0.39, 0.29) is 18.9 Å². The van der Waals surface area contributed by atoms with Gasteiger partial charge in [0.15, 0.2) is 17.6 Å². The van der Waals surface area contributed by atoms with Crippen LogP contribution in [0.4, 0.5) is 0 Å². The van der Waals surface area contributed by atoms with E-state index in [4.69, 9.17) is 19.7 Å². The summed E-state index contributed by atoms with van der Waals surface area (Å²) in [5, 5.41) is 20.1. The van der Waals surface area contributed by atoms with Gasteiger partial charge in [-0.25, -0.2) is 4.79 Å². The molecule has 7 heteroatoms. The number of ether oxygens (including phenoxy) is 2. The number of hydrogen-bond donors (Lipinski definition) is 3. The van der Waals surface area contributed by atoms with Crippen molar-refractivity contribution in [3.63, 3.8) is 0 Å². The van der Waals surface area contributed by atoms with Gasteiger partial charge in [0.2, 0.25) is 0 Å². The van der Waals surface area contributed by atoms with Gasteiger partial charge >= 0.3 is 5.97 Å². The largest absolute Gasteiger partial charge is 0.493 e. The van der Waals surface area contributed by atoms with Crippen LogP contribution in [0.5, 0.6) is 11.5 Å². The van der Waals surface area contributed by atoms with Crippen molar-refractivity contribution in [2.45, 2.75) is 12.5 Å². The van der Waals surface area contributed by atoms with Crippen molar-refractivity contribution in [1.82, 2.24) is 5.32 Å². The highest BCUT2D eigenvalue weighted by atomic mass is 16.5. The number of aliphatic hydroxyl groups is 1. The molecular formula is C13H17NO6. The molecule has 1 aromatic rings. The molecule has 0 heterocycles. The number of carbonyl (C=O) groups is 2.